The van der Waals surface area contributed by atoms with Crippen molar-refractivity contribution in [3.05, 3.63) is 53.2 Å². The van der Waals surface area contributed by atoms with E-state index in [1.54, 1.807) is 25.1 Å². The predicted octanol–water partition coefficient (Wildman–Crippen LogP) is 3.52. The summed E-state index contributed by atoms with van der Waals surface area (Å²) < 4.78 is 44.8. The summed E-state index contributed by atoms with van der Waals surface area (Å²) in [5.41, 5.74) is -0.100. The molecular weight excluding hydrogens is 335 g/mol. The van der Waals surface area contributed by atoms with Crippen LogP contribution in [0.4, 0.5) is 23.8 Å². The molecule has 1 N–H and O–H groups in total. The Morgan fingerprint density at radius 1 is 1.28 bits per heavy atom. The minimum Gasteiger partial charge on any atom is -0.487 e. The average molecular weight is 351 g/mol. The van der Waals surface area contributed by atoms with Gasteiger partial charge in [0.1, 0.15) is 18.2 Å². The Bertz CT molecular complexity index is 776. The van der Waals surface area contributed by atoms with Gasteiger partial charge in [-0.3, -0.25) is 4.90 Å². The van der Waals surface area contributed by atoms with Gasteiger partial charge in [-0.15, -0.1) is 0 Å². The number of carbonyl (C=O) groups is 1. The molecule has 1 saturated heterocycles. The van der Waals surface area contributed by atoms with Crippen LogP contribution in [0.1, 0.15) is 16.7 Å². The molecule has 2 aromatic rings. The second kappa shape index (κ2) is 6.62. The number of aryl methyl sites for hydroxylation is 1. The van der Waals surface area contributed by atoms with E-state index in [2.05, 4.69) is 10.3 Å². The third kappa shape index (κ3) is 3.67. The number of aromatic nitrogens is 1. The van der Waals surface area contributed by atoms with Gasteiger partial charge >= 0.3 is 12.2 Å². The first-order valence-corrected chi connectivity index (χ1v) is 7.66. The van der Waals surface area contributed by atoms with E-state index in [9.17, 15) is 18.0 Å². The number of alkyl halides is 3. The van der Waals surface area contributed by atoms with Gasteiger partial charge in [-0.25, -0.2) is 9.78 Å². The summed E-state index contributed by atoms with van der Waals surface area (Å²) in [6.45, 7) is 2.46. The Morgan fingerprint density at radius 2 is 2.08 bits per heavy atom. The van der Waals surface area contributed by atoms with Crippen molar-refractivity contribution < 1.29 is 22.7 Å². The van der Waals surface area contributed by atoms with Crippen molar-refractivity contribution in [2.45, 2.75) is 19.7 Å². The van der Waals surface area contributed by atoms with Crippen LogP contribution in [-0.2, 0) is 12.8 Å². The third-order valence-electron chi connectivity index (χ3n) is 3.95. The van der Waals surface area contributed by atoms with Crippen molar-refractivity contribution in [2.24, 2.45) is 0 Å². The summed E-state index contributed by atoms with van der Waals surface area (Å²) in [7, 11) is 0. The van der Waals surface area contributed by atoms with E-state index in [1.807, 2.05) is 0 Å². The topological polar surface area (TPSA) is 54.5 Å². The quantitative estimate of drug-likeness (QED) is 0.917. The zero-order valence-corrected chi connectivity index (χ0v) is 13.4. The number of rotatable bonds is 4. The predicted molar refractivity (Wildman–Crippen MR) is 85.5 cm³/mol. The van der Waals surface area contributed by atoms with E-state index >= 15 is 0 Å². The fourth-order valence-electron chi connectivity index (χ4n) is 2.62. The van der Waals surface area contributed by atoms with Gasteiger partial charge in [-0.2, -0.15) is 13.2 Å². The summed E-state index contributed by atoms with van der Waals surface area (Å²) in [4.78, 5) is 17.2. The van der Waals surface area contributed by atoms with Gasteiger partial charge in [0.15, 0.2) is 0 Å². The number of hydrogen-bond acceptors (Lipinski definition) is 3. The van der Waals surface area contributed by atoms with E-state index in [0.717, 1.165) is 6.07 Å². The van der Waals surface area contributed by atoms with Crippen molar-refractivity contribution in [1.82, 2.24) is 10.3 Å². The Kier molecular flexibility index (Phi) is 4.52. The lowest BCUT2D eigenvalue weighted by atomic mass is 10.0. The minimum atomic E-state index is -4.43. The summed E-state index contributed by atoms with van der Waals surface area (Å²) in [6, 6.07) is 6.98. The van der Waals surface area contributed by atoms with Crippen LogP contribution in [0.2, 0.25) is 0 Å². The molecule has 0 saturated carbocycles. The Labute approximate surface area is 142 Å². The molecule has 8 heteroatoms. The number of benzene rings is 1. The minimum absolute atomic E-state index is 0.0954. The first-order chi connectivity index (χ1) is 11.9. The molecule has 132 valence electrons. The Hall–Kier alpha value is -2.77. The molecule has 1 fully saturated rings. The Balaban J connectivity index is 1.73. The molecular formula is C17H16F3N3O2. The smallest absolute Gasteiger partial charge is 0.416 e. The van der Waals surface area contributed by atoms with Crippen LogP contribution in [0, 0.1) is 6.92 Å². The van der Waals surface area contributed by atoms with Gasteiger partial charge in [0.25, 0.3) is 0 Å². The maximum Gasteiger partial charge on any atom is 0.416 e. The molecule has 0 spiro atoms. The number of nitrogens with one attached hydrogen (secondary N) is 1. The van der Waals surface area contributed by atoms with Crippen molar-refractivity contribution in [3.63, 3.8) is 0 Å². The standard InChI is InChI=1S/C17H16F3N3O2/c1-11-3-2-4-14(17(18,19)20)13(11)10-25-12-5-6-15(22-9-12)23-8-7-21-16(23)24/h2-6,9H,7-8,10H2,1H3,(H,21,24). The molecule has 1 aliphatic heterocycles. The van der Waals surface area contributed by atoms with Crippen LogP contribution in [0.25, 0.3) is 0 Å². The number of anilines is 1. The fourth-order valence-corrected chi connectivity index (χ4v) is 2.62. The number of amides is 2. The maximum absolute atomic E-state index is 13.1. The van der Waals surface area contributed by atoms with Gasteiger partial charge in [-0.1, -0.05) is 12.1 Å². The van der Waals surface area contributed by atoms with Crippen molar-refractivity contribution >= 4 is 11.8 Å². The van der Waals surface area contributed by atoms with Gasteiger partial charge in [-0.05, 0) is 30.7 Å². The van der Waals surface area contributed by atoms with E-state index in [1.165, 1.54) is 17.2 Å². The van der Waals surface area contributed by atoms with Crippen molar-refractivity contribution in [3.8, 4) is 5.75 Å². The monoisotopic (exact) mass is 351 g/mol. The van der Waals surface area contributed by atoms with Gasteiger partial charge in [0.2, 0.25) is 0 Å². The molecule has 25 heavy (non-hydrogen) atoms. The average Bonchev–Trinajstić information content (AvgIpc) is 2.99. The molecule has 0 atom stereocenters. The molecule has 0 aliphatic carbocycles. The number of nitrogens with zero attached hydrogens (tertiary/aromatic N) is 2. The van der Waals surface area contributed by atoms with E-state index in [0.29, 0.717) is 30.2 Å². The molecule has 2 amide bonds. The van der Waals surface area contributed by atoms with E-state index in [4.69, 9.17) is 4.74 Å². The molecule has 1 aromatic carbocycles. The van der Waals surface area contributed by atoms with Crippen LogP contribution in [-0.4, -0.2) is 24.1 Å². The van der Waals surface area contributed by atoms with Crippen molar-refractivity contribution in [1.29, 1.82) is 0 Å². The number of hydrogen-bond donors (Lipinski definition) is 1. The van der Waals surface area contributed by atoms with E-state index in [-0.39, 0.29) is 18.2 Å². The van der Waals surface area contributed by atoms with Gasteiger partial charge < -0.3 is 10.1 Å². The molecule has 2 heterocycles. The molecule has 5 nitrogen and oxygen atoms in total. The largest absolute Gasteiger partial charge is 0.487 e. The van der Waals surface area contributed by atoms with Crippen LogP contribution < -0.4 is 15.0 Å². The molecule has 0 radical (unpaired) electrons. The summed E-state index contributed by atoms with van der Waals surface area (Å²) in [5.74, 6) is 0.800. The molecule has 1 aromatic heterocycles. The maximum atomic E-state index is 13.1. The van der Waals surface area contributed by atoms with Crippen LogP contribution in [0.3, 0.4) is 0 Å². The fraction of sp³-hybridized carbons (Fsp3) is 0.294. The second-order valence-corrected chi connectivity index (χ2v) is 5.62. The lowest BCUT2D eigenvalue weighted by Gasteiger charge is -2.16. The number of halogens is 3. The number of carbonyl (C=O) groups excluding carboxylic acids is 1. The SMILES string of the molecule is Cc1cccc(C(F)(F)F)c1COc1ccc(N2CCNC2=O)nc1. The summed E-state index contributed by atoms with van der Waals surface area (Å²) in [6.07, 6.45) is -3.04. The summed E-state index contributed by atoms with van der Waals surface area (Å²) in [5, 5.41) is 2.67. The number of ether oxygens (including phenoxy) is 1. The van der Waals surface area contributed by atoms with Crippen LogP contribution >= 0.6 is 0 Å². The molecule has 3 rings (SSSR count). The zero-order valence-electron chi connectivity index (χ0n) is 13.4. The first kappa shape index (κ1) is 17.1. The highest BCUT2D eigenvalue weighted by atomic mass is 19.4. The lowest BCUT2D eigenvalue weighted by Crippen LogP contribution is -2.28. The highest BCUT2D eigenvalue weighted by Crippen LogP contribution is 2.33. The normalized spacial score (nSPS) is 14.6. The third-order valence-corrected chi connectivity index (χ3v) is 3.95. The zero-order chi connectivity index (χ0) is 18.0. The highest BCUT2D eigenvalue weighted by molar-refractivity contribution is 5.93. The van der Waals surface area contributed by atoms with Crippen LogP contribution in [0.15, 0.2) is 36.5 Å². The summed E-state index contributed by atoms with van der Waals surface area (Å²) >= 11 is 0. The van der Waals surface area contributed by atoms with Gasteiger partial charge in [0, 0.05) is 18.7 Å². The van der Waals surface area contributed by atoms with Crippen molar-refractivity contribution in [2.75, 3.05) is 18.0 Å². The van der Waals surface area contributed by atoms with Gasteiger partial charge in [0.05, 0.1) is 11.8 Å². The molecule has 0 unspecified atom stereocenters. The number of pyridine rings is 1. The first-order valence-electron chi connectivity index (χ1n) is 7.66. The Morgan fingerprint density at radius 3 is 2.68 bits per heavy atom. The second-order valence-electron chi connectivity index (χ2n) is 5.62. The highest BCUT2D eigenvalue weighted by Gasteiger charge is 2.33. The number of urea groups is 1. The van der Waals surface area contributed by atoms with E-state index < -0.39 is 11.7 Å². The molecule has 0 bridgehead atoms. The lowest BCUT2D eigenvalue weighted by molar-refractivity contribution is -0.138. The molecule has 1 aliphatic rings. The van der Waals surface area contributed by atoms with Crippen LogP contribution in [0.5, 0.6) is 5.75 Å².